The van der Waals surface area contributed by atoms with Crippen LogP contribution in [0.2, 0.25) is 0 Å². The zero-order valence-electron chi connectivity index (χ0n) is 10.1. The predicted molar refractivity (Wildman–Crippen MR) is 69.4 cm³/mol. The van der Waals surface area contributed by atoms with Crippen molar-refractivity contribution in [3.8, 4) is 0 Å². The van der Waals surface area contributed by atoms with Gasteiger partial charge in [-0.15, -0.1) is 11.3 Å². The van der Waals surface area contributed by atoms with Crippen molar-refractivity contribution in [1.29, 1.82) is 0 Å². The Kier molecular flexibility index (Phi) is 4.18. The minimum absolute atomic E-state index is 0.367. The monoisotopic (exact) mass is 253 g/mol. The van der Waals surface area contributed by atoms with E-state index in [1.807, 2.05) is 18.4 Å². The Bertz CT molecular complexity index is 383. The van der Waals surface area contributed by atoms with Gasteiger partial charge in [0.25, 0.3) is 0 Å². The molecule has 1 unspecified atom stereocenters. The van der Waals surface area contributed by atoms with Gasteiger partial charge in [0.2, 0.25) is 0 Å². The Morgan fingerprint density at radius 2 is 2.18 bits per heavy atom. The van der Waals surface area contributed by atoms with Crippen LogP contribution in [0.25, 0.3) is 0 Å². The standard InChI is InChI=1S/C13H19NO2S/c1-9-7-8-17-12(9)11(13(15)16)14-10-5-3-2-4-6-10/h7-8,10-11,14H,2-6H2,1H3,(H,15,16). The number of hydrogen-bond donors (Lipinski definition) is 2. The zero-order valence-corrected chi connectivity index (χ0v) is 10.9. The molecule has 4 heteroatoms. The van der Waals surface area contributed by atoms with Crippen LogP contribution in [-0.4, -0.2) is 17.1 Å². The number of nitrogens with one attached hydrogen (secondary N) is 1. The highest BCUT2D eigenvalue weighted by Crippen LogP contribution is 2.27. The van der Waals surface area contributed by atoms with Crippen LogP contribution < -0.4 is 5.32 Å². The smallest absolute Gasteiger partial charge is 0.326 e. The molecule has 1 heterocycles. The third-order valence-electron chi connectivity index (χ3n) is 3.42. The first-order valence-corrected chi connectivity index (χ1v) is 7.09. The second kappa shape index (κ2) is 5.65. The highest BCUT2D eigenvalue weighted by molar-refractivity contribution is 7.10. The number of thiophene rings is 1. The maximum Gasteiger partial charge on any atom is 0.326 e. The van der Waals surface area contributed by atoms with E-state index >= 15 is 0 Å². The van der Waals surface area contributed by atoms with Crippen molar-refractivity contribution < 1.29 is 9.90 Å². The zero-order chi connectivity index (χ0) is 12.3. The Hall–Kier alpha value is -0.870. The van der Waals surface area contributed by atoms with Crippen LogP contribution in [0.5, 0.6) is 0 Å². The number of carboxylic acid groups (broad SMARTS) is 1. The molecule has 2 rings (SSSR count). The second-order valence-electron chi connectivity index (χ2n) is 4.74. The summed E-state index contributed by atoms with van der Waals surface area (Å²) in [5.41, 5.74) is 1.07. The molecule has 17 heavy (non-hydrogen) atoms. The van der Waals surface area contributed by atoms with Gasteiger partial charge < -0.3 is 5.11 Å². The van der Waals surface area contributed by atoms with Crippen LogP contribution >= 0.6 is 11.3 Å². The minimum atomic E-state index is -0.763. The maximum atomic E-state index is 11.4. The average Bonchev–Trinajstić information content (AvgIpc) is 2.73. The highest BCUT2D eigenvalue weighted by atomic mass is 32.1. The van der Waals surface area contributed by atoms with Crippen molar-refractivity contribution >= 4 is 17.3 Å². The molecular weight excluding hydrogens is 234 g/mol. The van der Waals surface area contributed by atoms with Gasteiger partial charge in [-0.2, -0.15) is 0 Å². The first-order chi connectivity index (χ1) is 8.18. The summed E-state index contributed by atoms with van der Waals surface area (Å²) in [7, 11) is 0. The number of rotatable bonds is 4. The fourth-order valence-electron chi connectivity index (χ4n) is 2.44. The van der Waals surface area contributed by atoms with E-state index in [1.165, 1.54) is 30.6 Å². The third kappa shape index (κ3) is 3.07. The molecule has 0 amide bonds. The van der Waals surface area contributed by atoms with Gasteiger partial charge in [0, 0.05) is 10.9 Å². The van der Waals surface area contributed by atoms with Crippen molar-refractivity contribution in [2.45, 2.75) is 51.1 Å². The summed E-state index contributed by atoms with van der Waals surface area (Å²) in [4.78, 5) is 12.3. The van der Waals surface area contributed by atoms with E-state index in [-0.39, 0.29) is 0 Å². The SMILES string of the molecule is Cc1ccsc1C(NC1CCCCC1)C(=O)O. The van der Waals surface area contributed by atoms with Crippen LogP contribution in [0.3, 0.4) is 0 Å². The normalized spacial score (nSPS) is 19.1. The van der Waals surface area contributed by atoms with E-state index < -0.39 is 12.0 Å². The first kappa shape index (κ1) is 12.6. The van der Waals surface area contributed by atoms with Crippen LogP contribution in [-0.2, 0) is 4.79 Å². The molecule has 1 aliphatic rings. The van der Waals surface area contributed by atoms with Crippen molar-refractivity contribution in [3.63, 3.8) is 0 Å². The lowest BCUT2D eigenvalue weighted by Gasteiger charge is -2.26. The van der Waals surface area contributed by atoms with Gasteiger partial charge in [-0.05, 0) is 36.8 Å². The molecule has 1 aliphatic carbocycles. The molecule has 1 atom stereocenters. The molecule has 3 nitrogen and oxygen atoms in total. The first-order valence-electron chi connectivity index (χ1n) is 6.21. The molecular formula is C13H19NO2S. The van der Waals surface area contributed by atoms with E-state index in [1.54, 1.807) is 0 Å². The number of carbonyl (C=O) groups is 1. The van der Waals surface area contributed by atoms with E-state index in [9.17, 15) is 9.90 Å². The lowest BCUT2D eigenvalue weighted by molar-refractivity contribution is -0.139. The summed E-state index contributed by atoms with van der Waals surface area (Å²) < 4.78 is 0. The number of aliphatic carboxylic acids is 1. The van der Waals surface area contributed by atoms with Crippen LogP contribution in [0.1, 0.15) is 48.6 Å². The number of hydrogen-bond acceptors (Lipinski definition) is 3. The molecule has 1 fully saturated rings. The average molecular weight is 253 g/mol. The van der Waals surface area contributed by atoms with E-state index in [0.29, 0.717) is 6.04 Å². The predicted octanol–water partition coefficient (Wildman–Crippen LogP) is 3.10. The molecule has 0 aliphatic heterocycles. The van der Waals surface area contributed by atoms with Crippen LogP contribution in [0, 0.1) is 6.92 Å². The van der Waals surface area contributed by atoms with E-state index in [2.05, 4.69) is 5.32 Å². The Balaban J connectivity index is 2.07. The fourth-order valence-corrected chi connectivity index (χ4v) is 3.42. The Morgan fingerprint density at radius 1 is 1.47 bits per heavy atom. The molecule has 0 bridgehead atoms. The number of carboxylic acids is 1. The van der Waals surface area contributed by atoms with Gasteiger partial charge in [-0.1, -0.05) is 19.3 Å². The van der Waals surface area contributed by atoms with Gasteiger partial charge in [0.05, 0.1) is 0 Å². The van der Waals surface area contributed by atoms with E-state index in [0.717, 1.165) is 23.3 Å². The molecule has 0 spiro atoms. The summed E-state index contributed by atoms with van der Waals surface area (Å²) in [6, 6.07) is 1.82. The van der Waals surface area contributed by atoms with Gasteiger partial charge >= 0.3 is 5.97 Å². The molecule has 1 aromatic heterocycles. The van der Waals surface area contributed by atoms with Gasteiger partial charge in [0.15, 0.2) is 0 Å². The van der Waals surface area contributed by atoms with Crippen molar-refractivity contribution in [2.24, 2.45) is 0 Å². The van der Waals surface area contributed by atoms with E-state index in [4.69, 9.17) is 0 Å². The lowest BCUT2D eigenvalue weighted by atomic mass is 9.94. The summed E-state index contributed by atoms with van der Waals surface area (Å²) in [6.45, 7) is 1.98. The fraction of sp³-hybridized carbons (Fsp3) is 0.615. The second-order valence-corrected chi connectivity index (χ2v) is 5.69. The van der Waals surface area contributed by atoms with Crippen molar-refractivity contribution in [3.05, 3.63) is 21.9 Å². The summed E-state index contributed by atoms with van der Waals surface area (Å²) in [5.74, 6) is -0.763. The summed E-state index contributed by atoms with van der Waals surface area (Å²) in [5, 5.41) is 14.6. The summed E-state index contributed by atoms with van der Waals surface area (Å²) >= 11 is 1.53. The molecule has 2 N–H and O–H groups in total. The number of aryl methyl sites for hydroxylation is 1. The minimum Gasteiger partial charge on any atom is -0.480 e. The van der Waals surface area contributed by atoms with Crippen molar-refractivity contribution in [1.82, 2.24) is 5.32 Å². The topological polar surface area (TPSA) is 49.3 Å². The third-order valence-corrected chi connectivity index (χ3v) is 4.50. The quantitative estimate of drug-likeness (QED) is 0.867. The van der Waals surface area contributed by atoms with Gasteiger partial charge in [0.1, 0.15) is 6.04 Å². The Labute approximate surface area is 106 Å². The molecule has 0 radical (unpaired) electrons. The molecule has 1 aromatic rings. The lowest BCUT2D eigenvalue weighted by Crippen LogP contribution is -2.38. The molecule has 94 valence electrons. The van der Waals surface area contributed by atoms with Gasteiger partial charge in [-0.3, -0.25) is 10.1 Å². The largest absolute Gasteiger partial charge is 0.480 e. The maximum absolute atomic E-state index is 11.4. The molecule has 0 saturated heterocycles. The van der Waals surface area contributed by atoms with Crippen molar-refractivity contribution in [2.75, 3.05) is 0 Å². The summed E-state index contributed by atoms with van der Waals surface area (Å²) in [6.07, 6.45) is 5.93. The van der Waals surface area contributed by atoms with Crippen LogP contribution in [0.15, 0.2) is 11.4 Å². The molecule has 1 saturated carbocycles. The molecule has 0 aromatic carbocycles. The van der Waals surface area contributed by atoms with Crippen LogP contribution in [0.4, 0.5) is 0 Å². The Morgan fingerprint density at radius 3 is 2.71 bits per heavy atom. The van der Waals surface area contributed by atoms with Gasteiger partial charge in [-0.25, -0.2) is 0 Å². The highest BCUT2D eigenvalue weighted by Gasteiger charge is 2.26.